The Morgan fingerprint density at radius 3 is 2.70 bits per heavy atom. The molecule has 20 heavy (non-hydrogen) atoms. The standard InChI is InChI=1S/C14H24N2O2S2/c1-3-15-11-10-13-8-9-14(19-13)20(17,18)16(2)12-6-4-5-7-12/h8-9,12,15H,3-7,10-11H2,1-2H3. The largest absolute Gasteiger partial charge is 0.317 e. The normalized spacial score (nSPS) is 17.1. The van der Waals surface area contributed by atoms with Crippen LogP contribution in [0.5, 0.6) is 0 Å². The van der Waals surface area contributed by atoms with Crippen molar-refractivity contribution < 1.29 is 8.42 Å². The zero-order valence-electron chi connectivity index (χ0n) is 12.3. The molecule has 1 N–H and O–H groups in total. The van der Waals surface area contributed by atoms with E-state index >= 15 is 0 Å². The minimum Gasteiger partial charge on any atom is -0.317 e. The summed E-state index contributed by atoms with van der Waals surface area (Å²) in [7, 11) is -1.58. The van der Waals surface area contributed by atoms with Gasteiger partial charge in [-0.3, -0.25) is 0 Å². The number of rotatable bonds is 7. The highest BCUT2D eigenvalue weighted by Gasteiger charge is 2.30. The zero-order valence-corrected chi connectivity index (χ0v) is 13.9. The van der Waals surface area contributed by atoms with Gasteiger partial charge in [-0.05, 0) is 44.5 Å². The monoisotopic (exact) mass is 316 g/mol. The third kappa shape index (κ3) is 3.61. The van der Waals surface area contributed by atoms with E-state index in [1.165, 1.54) is 11.3 Å². The van der Waals surface area contributed by atoms with Crippen LogP contribution in [0.15, 0.2) is 16.3 Å². The van der Waals surface area contributed by atoms with Gasteiger partial charge in [0, 0.05) is 18.0 Å². The van der Waals surface area contributed by atoms with E-state index < -0.39 is 10.0 Å². The first kappa shape index (κ1) is 15.9. The molecule has 0 unspecified atom stereocenters. The maximum Gasteiger partial charge on any atom is 0.252 e. The lowest BCUT2D eigenvalue weighted by molar-refractivity contribution is 0.374. The molecule has 0 aliphatic heterocycles. The van der Waals surface area contributed by atoms with Crippen LogP contribution in [0, 0.1) is 0 Å². The zero-order chi connectivity index (χ0) is 14.6. The lowest BCUT2D eigenvalue weighted by atomic mass is 10.3. The van der Waals surface area contributed by atoms with E-state index in [0.717, 1.165) is 50.1 Å². The Kier molecular flexibility index (Phi) is 5.60. The molecule has 0 atom stereocenters. The van der Waals surface area contributed by atoms with Crippen LogP contribution < -0.4 is 5.32 Å². The Balaban J connectivity index is 2.05. The minimum absolute atomic E-state index is 0.187. The number of hydrogen-bond donors (Lipinski definition) is 1. The maximum atomic E-state index is 12.6. The Bertz CT molecular complexity index is 519. The number of nitrogens with zero attached hydrogens (tertiary/aromatic N) is 1. The van der Waals surface area contributed by atoms with Crippen LogP contribution in [0.2, 0.25) is 0 Å². The average Bonchev–Trinajstić information content (AvgIpc) is 3.09. The van der Waals surface area contributed by atoms with Crippen LogP contribution in [0.25, 0.3) is 0 Å². The Morgan fingerprint density at radius 1 is 1.35 bits per heavy atom. The van der Waals surface area contributed by atoms with Crippen molar-refractivity contribution in [2.75, 3.05) is 20.1 Å². The highest BCUT2D eigenvalue weighted by atomic mass is 32.2. The van der Waals surface area contributed by atoms with Crippen molar-refractivity contribution in [3.63, 3.8) is 0 Å². The molecule has 114 valence electrons. The maximum absolute atomic E-state index is 12.6. The van der Waals surface area contributed by atoms with Crippen molar-refractivity contribution in [3.8, 4) is 0 Å². The molecule has 1 aliphatic carbocycles. The molecular weight excluding hydrogens is 292 g/mol. The third-order valence-corrected chi connectivity index (χ3v) is 7.43. The van der Waals surface area contributed by atoms with Crippen molar-refractivity contribution in [2.45, 2.75) is 49.3 Å². The molecule has 1 heterocycles. The average molecular weight is 316 g/mol. The Hall–Kier alpha value is -0.430. The molecule has 1 aromatic heterocycles. The van der Waals surface area contributed by atoms with Gasteiger partial charge in [-0.1, -0.05) is 19.8 Å². The summed E-state index contributed by atoms with van der Waals surface area (Å²) < 4.78 is 27.2. The highest BCUT2D eigenvalue weighted by Crippen LogP contribution is 2.30. The molecule has 0 bridgehead atoms. The molecule has 1 fully saturated rings. The second kappa shape index (κ2) is 7.02. The summed E-state index contributed by atoms with van der Waals surface area (Å²) in [5, 5.41) is 3.26. The van der Waals surface area contributed by atoms with E-state index in [4.69, 9.17) is 0 Å². The summed E-state index contributed by atoms with van der Waals surface area (Å²) in [6, 6.07) is 3.89. The molecule has 4 nitrogen and oxygen atoms in total. The Morgan fingerprint density at radius 2 is 2.05 bits per heavy atom. The van der Waals surface area contributed by atoms with Crippen molar-refractivity contribution in [1.29, 1.82) is 0 Å². The first-order valence-corrected chi connectivity index (χ1v) is 9.59. The predicted molar refractivity (Wildman–Crippen MR) is 83.8 cm³/mol. The van der Waals surface area contributed by atoms with Gasteiger partial charge in [0.15, 0.2) is 0 Å². The van der Waals surface area contributed by atoms with Gasteiger partial charge in [-0.15, -0.1) is 11.3 Å². The fourth-order valence-electron chi connectivity index (χ4n) is 2.63. The van der Waals surface area contributed by atoms with Crippen LogP contribution in [0.4, 0.5) is 0 Å². The number of hydrogen-bond acceptors (Lipinski definition) is 4. The SMILES string of the molecule is CCNCCc1ccc(S(=O)(=O)N(C)C2CCCC2)s1. The van der Waals surface area contributed by atoms with E-state index in [1.807, 2.05) is 6.07 Å². The lowest BCUT2D eigenvalue weighted by Gasteiger charge is -2.22. The summed E-state index contributed by atoms with van der Waals surface area (Å²) in [6.07, 6.45) is 5.16. The molecule has 2 rings (SSSR count). The number of thiophene rings is 1. The van der Waals surface area contributed by atoms with Gasteiger partial charge in [0.1, 0.15) is 4.21 Å². The molecule has 0 spiro atoms. The van der Waals surface area contributed by atoms with Gasteiger partial charge >= 0.3 is 0 Å². The fraction of sp³-hybridized carbons (Fsp3) is 0.714. The van der Waals surface area contributed by atoms with Gasteiger partial charge in [0.25, 0.3) is 10.0 Å². The number of nitrogens with one attached hydrogen (secondary N) is 1. The van der Waals surface area contributed by atoms with Crippen LogP contribution in [0.3, 0.4) is 0 Å². The fourth-order valence-corrected chi connectivity index (χ4v) is 5.58. The molecule has 0 saturated heterocycles. The van der Waals surface area contributed by atoms with Crippen LogP contribution >= 0.6 is 11.3 Å². The molecule has 0 amide bonds. The topological polar surface area (TPSA) is 49.4 Å². The minimum atomic E-state index is -3.30. The first-order chi connectivity index (χ1) is 9.55. The van der Waals surface area contributed by atoms with E-state index in [0.29, 0.717) is 4.21 Å². The highest BCUT2D eigenvalue weighted by molar-refractivity contribution is 7.91. The van der Waals surface area contributed by atoms with Gasteiger partial charge < -0.3 is 5.32 Å². The van der Waals surface area contributed by atoms with Crippen molar-refractivity contribution in [2.24, 2.45) is 0 Å². The molecule has 0 radical (unpaired) electrons. The summed E-state index contributed by atoms with van der Waals surface area (Å²) in [4.78, 5) is 1.13. The van der Waals surface area contributed by atoms with Crippen LogP contribution in [-0.2, 0) is 16.4 Å². The number of likely N-dealkylation sites (N-methyl/N-ethyl adjacent to an activating group) is 1. The quantitative estimate of drug-likeness (QED) is 0.786. The second-order valence-corrected chi connectivity index (χ2v) is 8.68. The van der Waals surface area contributed by atoms with E-state index in [2.05, 4.69) is 12.2 Å². The van der Waals surface area contributed by atoms with Crippen molar-refractivity contribution in [1.82, 2.24) is 9.62 Å². The molecule has 0 aromatic carbocycles. The van der Waals surface area contributed by atoms with Crippen molar-refractivity contribution in [3.05, 3.63) is 17.0 Å². The Labute approximate surface area is 126 Å². The summed E-state index contributed by atoms with van der Waals surface area (Å²) in [6.45, 7) is 3.91. The molecule has 1 saturated carbocycles. The smallest absolute Gasteiger partial charge is 0.252 e. The first-order valence-electron chi connectivity index (χ1n) is 7.33. The number of sulfonamides is 1. The van der Waals surface area contributed by atoms with Crippen LogP contribution in [0.1, 0.15) is 37.5 Å². The van der Waals surface area contributed by atoms with Gasteiger partial charge in [-0.25, -0.2) is 8.42 Å². The van der Waals surface area contributed by atoms with Crippen molar-refractivity contribution >= 4 is 21.4 Å². The van der Waals surface area contributed by atoms with E-state index in [9.17, 15) is 8.42 Å². The van der Waals surface area contributed by atoms with Gasteiger partial charge in [-0.2, -0.15) is 4.31 Å². The third-order valence-electron chi connectivity index (χ3n) is 3.91. The van der Waals surface area contributed by atoms with Gasteiger partial charge in [0.05, 0.1) is 0 Å². The summed E-state index contributed by atoms with van der Waals surface area (Å²) in [5.41, 5.74) is 0. The molecule has 1 aromatic rings. The molecular formula is C14H24N2O2S2. The van der Waals surface area contributed by atoms with Gasteiger partial charge in [0.2, 0.25) is 0 Å². The molecule has 1 aliphatic rings. The lowest BCUT2D eigenvalue weighted by Crippen LogP contribution is -2.34. The molecule has 6 heteroatoms. The van der Waals surface area contributed by atoms with Crippen LogP contribution in [-0.4, -0.2) is 38.9 Å². The van der Waals surface area contributed by atoms with E-state index in [1.54, 1.807) is 17.4 Å². The van der Waals surface area contributed by atoms with E-state index in [-0.39, 0.29) is 6.04 Å². The predicted octanol–water partition coefficient (Wildman–Crippen LogP) is 2.46. The second-order valence-electron chi connectivity index (χ2n) is 5.28. The summed E-state index contributed by atoms with van der Waals surface area (Å²) >= 11 is 1.41. The summed E-state index contributed by atoms with van der Waals surface area (Å²) in [5.74, 6) is 0.